The second-order valence-electron chi connectivity index (χ2n) is 4.20. The van der Waals surface area contributed by atoms with Crippen LogP contribution in [0.15, 0.2) is 47.6 Å². The molecule has 0 bridgehead atoms. The van der Waals surface area contributed by atoms with Crippen molar-refractivity contribution in [1.29, 1.82) is 0 Å². The third-order valence-corrected chi connectivity index (χ3v) is 4.07. The van der Waals surface area contributed by atoms with Crippen molar-refractivity contribution < 1.29 is 13.2 Å². The van der Waals surface area contributed by atoms with Gasteiger partial charge in [-0.15, -0.1) is 0 Å². The highest BCUT2D eigenvalue weighted by atomic mass is 32.2. The first kappa shape index (κ1) is 15.2. The molecule has 7 nitrogen and oxygen atoms in total. The summed E-state index contributed by atoms with van der Waals surface area (Å²) in [4.78, 5) is 3.87. The van der Waals surface area contributed by atoms with E-state index in [1.807, 2.05) is 0 Å². The topological polar surface area (TPSA) is 106 Å². The second-order valence-corrected chi connectivity index (χ2v) is 5.79. The molecule has 0 amide bonds. The van der Waals surface area contributed by atoms with Crippen LogP contribution in [0.1, 0.15) is 5.56 Å². The van der Waals surface area contributed by atoms with E-state index >= 15 is 0 Å². The zero-order valence-electron chi connectivity index (χ0n) is 11.4. The molecule has 1 aromatic heterocycles. The minimum absolute atomic E-state index is 0.167. The maximum Gasteiger partial charge on any atom is 0.281 e. The first-order valence-corrected chi connectivity index (χ1v) is 7.58. The molecule has 8 heteroatoms. The maximum absolute atomic E-state index is 12.4. The van der Waals surface area contributed by atoms with Gasteiger partial charge in [0.2, 0.25) is 5.03 Å². The molecule has 0 unspecified atom stereocenters. The molecule has 2 aromatic rings. The van der Waals surface area contributed by atoms with Crippen LogP contribution >= 0.6 is 0 Å². The summed E-state index contributed by atoms with van der Waals surface area (Å²) in [6, 6.07) is 10.1. The van der Waals surface area contributed by atoms with Crippen LogP contribution in [-0.4, -0.2) is 20.5 Å². The highest BCUT2D eigenvalue weighted by Crippen LogP contribution is 2.23. The summed E-state index contributed by atoms with van der Waals surface area (Å²) in [7, 11) is -2.31. The smallest absolute Gasteiger partial charge is 0.281 e. The Kier molecular flexibility index (Phi) is 4.73. The molecule has 2 rings (SSSR count). The van der Waals surface area contributed by atoms with Crippen LogP contribution in [0.3, 0.4) is 0 Å². The minimum atomic E-state index is -3.86. The number of hydrogen-bond donors (Lipinski definition) is 3. The molecule has 0 fully saturated rings. The fraction of sp³-hybridized carbons (Fsp3) is 0.154. The number of nitrogens with one attached hydrogen (secondary N) is 2. The molecule has 0 radical (unpaired) electrons. The Balaban J connectivity index is 2.38. The number of hydrogen-bond acceptors (Lipinski definition) is 6. The Morgan fingerprint density at radius 2 is 1.90 bits per heavy atom. The van der Waals surface area contributed by atoms with Crippen molar-refractivity contribution in [3.05, 3.63) is 48.2 Å². The maximum atomic E-state index is 12.4. The molecule has 4 N–H and O–H groups in total. The Labute approximate surface area is 123 Å². The van der Waals surface area contributed by atoms with Gasteiger partial charge in [-0.2, -0.15) is 8.42 Å². The average molecular weight is 308 g/mol. The summed E-state index contributed by atoms with van der Waals surface area (Å²) in [5.41, 5.74) is 3.70. The second kappa shape index (κ2) is 6.53. The lowest BCUT2D eigenvalue weighted by Gasteiger charge is -2.13. The molecular formula is C13H16N4O3S. The van der Waals surface area contributed by atoms with Gasteiger partial charge in [0, 0.05) is 18.9 Å². The highest BCUT2D eigenvalue weighted by molar-refractivity contribution is 7.92. The van der Waals surface area contributed by atoms with Crippen molar-refractivity contribution in [3.63, 3.8) is 0 Å². The minimum Gasteiger partial charge on any atom is -0.380 e. The fourth-order valence-corrected chi connectivity index (χ4v) is 3.01. The number of nitrogens with two attached hydrogens (primary N) is 1. The number of para-hydroxylation sites is 1. The van der Waals surface area contributed by atoms with E-state index in [2.05, 4.69) is 15.1 Å². The number of methoxy groups -OCH3 is 1. The molecule has 0 aliphatic heterocycles. The molecule has 0 aliphatic carbocycles. The average Bonchev–Trinajstić information content (AvgIpc) is 2.49. The molecular weight excluding hydrogens is 292 g/mol. The van der Waals surface area contributed by atoms with Gasteiger partial charge in [0.05, 0.1) is 18.0 Å². The van der Waals surface area contributed by atoms with Crippen LogP contribution in [0.5, 0.6) is 0 Å². The lowest BCUT2D eigenvalue weighted by Crippen LogP contribution is -2.19. The van der Waals surface area contributed by atoms with Gasteiger partial charge in [-0.25, -0.2) is 4.98 Å². The lowest BCUT2D eigenvalue weighted by atomic mass is 10.2. The summed E-state index contributed by atoms with van der Waals surface area (Å²) in [5.74, 6) is 5.32. The predicted octanol–water partition coefficient (Wildman–Crippen LogP) is 1.31. The van der Waals surface area contributed by atoms with E-state index in [0.717, 1.165) is 5.56 Å². The first-order chi connectivity index (χ1) is 10.1. The number of pyridine rings is 1. The summed E-state index contributed by atoms with van der Waals surface area (Å²) in [6.07, 6.45) is 1.39. The predicted molar refractivity (Wildman–Crippen MR) is 80.0 cm³/mol. The number of benzene rings is 1. The fourth-order valence-electron chi connectivity index (χ4n) is 1.81. The number of nitrogens with zero attached hydrogens (tertiary/aromatic N) is 1. The van der Waals surface area contributed by atoms with E-state index in [1.165, 1.54) is 12.3 Å². The molecule has 0 saturated carbocycles. The number of nitrogen functional groups attached to an aromatic ring is 1. The molecule has 0 saturated heterocycles. The molecule has 0 aliphatic rings. The summed E-state index contributed by atoms with van der Waals surface area (Å²) in [5, 5.41) is -0.167. The number of ether oxygens (including phenoxy) is 1. The van der Waals surface area contributed by atoms with E-state index in [4.69, 9.17) is 10.6 Å². The molecule has 112 valence electrons. The first-order valence-electron chi connectivity index (χ1n) is 6.10. The van der Waals surface area contributed by atoms with Crippen LogP contribution in [0, 0.1) is 0 Å². The van der Waals surface area contributed by atoms with Crippen molar-refractivity contribution >= 4 is 21.4 Å². The largest absolute Gasteiger partial charge is 0.380 e. The summed E-state index contributed by atoms with van der Waals surface area (Å²) in [6.45, 7) is 0.295. The van der Waals surface area contributed by atoms with E-state index < -0.39 is 10.0 Å². The van der Waals surface area contributed by atoms with Crippen molar-refractivity contribution in [3.8, 4) is 0 Å². The SMILES string of the molecule is COCc1ccccc1NS(=O)(=O)c1ncccc1NN. The van der Waals surface area contributed by atoms with Gasteiger partial charge in [-0.3, -0.25) is 10.6 Å². The lowest BCUT2D eigenvalue weighted by molar-refractivity contribution is 0.185. The van der Waals surface area contributed by atoms with E-state index in [9.17, 15) is 8.42 Å². The normalized spacial score (nSPS) is 11.1. The van der Waals surface area contributed by atoms with Crippen molar-refractivity contribution in [2.45, 2.75) is 11.6 Å². The molecule has 0 atom stereocenters. The number of sulfonamides is 1. The Hall–Kier alpha value is -2.16. The van der Waals surface area contributed by atoms with Gasteiger partial charge < -0.3 is 10.2 Å². The Morgan fingerprint density at radius 3 is 2.62 bits per heavy atom. The van der Waals surface area contributed by atoms with Gasteiger partial charge in [-0.05, 0) is 18.2 Å². The summed E-state index contributed by atoms with van der Waals surface area (Å²) < 4.78 is 32.4. The summed E-state index contributed by atoms with van der Waals surface area (Å²) >= 11 is 0. The van der Waals surface area contributed by atoms with E-state index in [0.29, 0.717) is 12.3 Å². The number of hydrazine groups is 1. The third-order valence-electron chi connectivity index (χ3n) is 2.74. The standard InChI is InChI=1S/C13H16N4O3S/c1-20-9-10-5-2-3-6-11(10)17-21(18,19)13-12(16-14)7-4-8-15-13/h2-8,16-17H,9,14H2,1H3. The zero-order valence-corrected chi connectivity index (χ0v) is 12.2. The molecule has 21 heavy (non-hydrogen) atoms. The van der Waals surface area contributed by atoms with Crippen LogP contribution < -0.4 is 16.0 Å². The van der Waals surface area contributed by atoms with Gasteiger partial charge in [0.25, 0.3) is 10.0 Å². The molecule has 0 spiro atoms. The zero-order chi connectivity index (χ0) is 15.3. The van der Waals surface area contributed by atoms with Gasteiger partial charge in [0.1, 0.15) is 0 Å². The van der Waals surface area contributed by atoms with Crippen LogP contribution in [0.2, 0.25) is 0 Å². The van der Waals surface area contributed by atoms with Gasteiger partial charge >= 0.3 is 0 Å². The van der Waals surface area contributed by atoms with Crippen molar-refractivity contribution in [1.82, 2.24) is 4.98 Å². The van der Waals surface area contributed by atoms with Gasteiger partial charge in [0.15, 0.2) is 0 Å². The highest BCUT2D eigenvalue weighted by Gasteiger charge is 2.21. The van der Waals surface area contributed by atoms with Crippen molar-refractivity contribution in [2.24, 2.45) is 5.84 Å². The van der Waals surface area contributed by atoms with Gasteiger partial charge in [-0.1, -0.05) is 18.2 Å². The molecule has 1 aromatic carbocycles. The third kappa shape index (κ3) is 3.48. The van der Waals surface area contributed by atoms with Crippen LogP contribution in [0.4, 0.5) is 11.4 Å². The number of rotatable bonds is 6. The van der Waals surface area contributed by atoms with Crippen molar-refractivity contribution in [2.75, 3.05) is 17.3 Å². The Morgan fingerprint density at radius 1 is 1.19 bits per heavy atom. The molecule has 1 heterocycles. The quantitative estimate of drug-likeness (QED) is 0.549. The number of aromatic nitrogens is 1. The van der Waals surface area contributed by atoms with Crippen LogP contribution in [0.25, 0.3) is 0 Å². The Bertz CT molecular complexity index is 719. The number of anilines is 2. The van der Waals surface area contributed by atoms with Crippen LogP contribution in [-0.2, 0) is 21.4 Å². The van der Waals surface area contributed by atoms with E-state index in [-0.39, 0.29) is 10.7 Å². The van der Waals surface area contributed by atoms with E-state index in [1.54, 1.807) is 37.4 Å². The monoisotopic (exact) mass is 308 g/mol.